The summed E-state index contributed by atoms with van der Waals surface area (Å²) in [5.74, 6) is -2.28. The Morgan fingerprint density at radius 3 is 2.35 bits per heavy atom. The second-order valence-electron chi connectivity index (χ2n) is 14.8. The summed E-state index contributed by atoms with van der Waals surface area (Å²) in [4.78, 5) is 40.8. The van der Waals surface area contributed by atoms with E-state index in [1.807, 2.05) is 52.8 Å². The lowest BCUT2D eigenvalue weighted by Crippen LogP contribution is -2.72. The lowest BCUT2D eigenvalue weighted by molar-refractivity contribution is -0.171. The predicted octanol–water partition coefficient (Wildman–Crippen LogP) is 7.24. The number of carbonyl (C=O) groups is 3. The number of fused-ring (bicyclic) bond motifs is 2. The van der Waals surface area contributed by atoms with Crippen LogP contribution in [0.4, 0.5) is 0 Å². The molecule has 3 aliphatic heterocycles. The fraction of sp³-hybridized carbons (Fsp3) is 0.500. The van der Waals surface area contributed by atoms with Gasteiger partial charge in [-0.2, -0.15) is 0 Å². The van der Waals surface area contributed by atoms with Crippen LogP contribution in [-0.2, 0) is 20.7 Å². The smallest absolute Gasteiger partial charge is 0.330 e. The maximum absolute atomic E-state index is 14.7. The molecular weight excluding hydrogens is 584 g/mol. The van der Waals surface area contributed by atoms with Gasteiger partial charge in [-0.3, -0.25) is 9.59 Å². The first-order valence-corrected chi connectivity index (χ1v) is 16.2. The Morgan fingerprint density at radius 1 is 1.00 bits per heavy atom. The molecule has 1 saturated carbocycles. The van der Waals surface area contributed by atoms with Crippen molar-refractivity contribution in [1.82, 2.24) is 0 Å². The molecule has 7 rings (SSSR count). The fourth-order valence-electron chi connectivity index (χ4n) is 8.17. The normalized spacial score (nSPS) is 31.2. The number of allylic oxidation sites excluding steroid dienone is 5. The Balaban J connectivity index is 1.59. The number of ether oxygens (including phenoxy) is 3. The molecule has 46 heavy (non-hydrogen) atoms. The van der Waals surface area contributed by atoms with Gasteiger partial charge in [-0.15, -0.1) is 0 Å². The second kappa shape index (κ2) is 10.6. The largest absolute Gasteiger partial charge is 0.506 e. The van der Waals surface area contributed by atoms with Gasteiger partial charge < -0.3 is 24.4 Å². The highest BCUT2D eigenvalue weighted by atomic mass is 16.6. The number of benzene rings is 1. The van der Waals surface area contributed by atoms with E-state index in [4.69, 9.17) is 14.2 Å². The van der Waals surface area contributed by atoms with Crippen LogP contribution in [0.25, 0.3) is 6.08 Å². The molecule has 0 aromatic heterocycles. The molecule has 8 nitrogen and oxygen atoms in total. The lowest BCUT2D eigenvalue weighted by Gasteiger charge is -2.56. The summed E-state index contributed by atoms with van der Waals surface area (Å²) in [6.07, 6.45) is 13.4. The van der Waals surface area contributed by atoms with Crippen molar-refractivity contribution in [2.75, 3.05) is 0 Å². The van der Waals surface area contributed by atoms with E-state index in [0.717, 1.165) is 12.0 Å². The lowest BCUT2D eigenvalue weighted by atomic mass is 9.51. The van der Waals surface area contributed by atoms with E-state index in [1.165, 1.54) is 18.6 Å². The summed E-state index contributed by atoms with van der Waals surface area (Å²) in [7, 11) is 0. The summed E-state index contributed by atoms with van der Waals surface area (Å²) < 4.78 is 20.6. The summed E-state index contributed by atoms with van der Waals surface area (Å²) in [6.45, 7) is 15.4. The van der Waals surface area contributed by atoms with E-state index < -0.39 is 40.1 Å². The monoisotopic (exact) mass is 628 g/mol. The molecule has 3 aliphatic carbocycles. The topological polar surface area (TPSA) is 119 Å². The number of aromatic hydroxyl groups is 1. The molecule has 2 fully saturated rings. The Kier molecular flexibility index (Phi) is 7.36. The highest BCUT2D eigenvalue weighted by Gasteiger charge is 2.81. The Bertz CT molecular complexity index is 1730. The van der Waals surface area contributed by atoms with Gasteiger partial charge >= 0.3 is 5.97 Å². The number of carboxylic acids is 1. The Morgan fingerprint density at radius 2 is 1.70 bits per heavy atom. The van der Waals surface area contributed by atoms with Gasteiger partial charge in [0.1, 0.15) is 28.4 Å². The summed E-state index contributed by atoms with van der Waals surface area (Å²) >= 11 is 0. The molecule has 1 aromatic carbocycles. The molecule has 3 unspecified atom stereocenters. The Labute approximate surface area is 270 Å². The molecule has 0 radical (unpaired) electrons. The molecule has 1 spiro atoms. The first kappa shape index (κ1) is 32.0. The molecule has 1 aromatic rings. The number of phenols is 1. The zero-order valence-electron chi connectivity index (χ0n) is 28.0. The number of aliphatic carboxylic acids is 1. The number of carbonyl (C=O) groups excluding carboxylic acids is 2. The van der Waals surface area contributed by atoms with Crippen molar-refractivity contribution in [1.29, 1.82) is 0 Å². The van der Waals surface area contributed by atoms with Crippen molar-refractivity contribution >= 4 is 23.6 Å². The highest BCUT2D eigenvalue weighted by Crippen LogP contribution is 2.68. The van der Waals surface area contributed by atoms with E-state index in [0.29, 0.717) is 41.7 Å². The second-order valence-corrected chi connectivity index (χ2v) is 14.8. The maximum Gasteiger partial charge on any atom is 0.330 e. The van der Waals surface area contributed by atoms with Crippen LogP contribution in [0, 0.1) is 11.8 Å². The van der Waals surface area contributed by atoms with Gasteiger partial charge in [-0.1, -0.05) is 35.5 Å². The van der Waals surface area contributed by atoms with E-state index in [-0.39, 0.29) is 40.8 Å². The van der Waals surface area contributed by atoms with Crippen LogP contribution in [0.5, 0.6) is 17.2 Å². The number of Topliss-reactive ketones (excluding diaryl/α,β-unsaturated/α-hetero) is 2. The van der Waals surface area contributed by atoms with Crippen molar-refractivity contribution in [3.05, 3.63) is 69.4 Å². The molecular formula is C38H44O8. The van der Waals surface area contributed by atoms with E-state index >= 15 is 0 Å². The molecule has 3 heterocycles. The Hall–Kier alpha value is -3.91. The van der Waals surface area contributed by atoms with Crippen molar-refractivity contribution < 1.29 is 38.8 Å². The van der Waals surface area contributed by atoms with Crippen LogP contribution in [0.1, 0.15) is 103 Å². The third-order valence-electron chi connectivity index (χ3n) is 10.5. The number of carboxylic acid groups (broad SMARTS) is 1. The predicted molar refractivity (Wildman–Crippen MR) is 174 cm³/mol. The van der Waals surface area contributed by atoms with Gasteiger partial charge in [-0.05, 0) is 93.2 Å². The minimum absolute atomic E-state index is 0.0544. The molecule has 0 amide bonds. The molecule has 8 heteroatoms. The highest BCUT2D eigenvalue weighted by molar-refractivity contribution is 6.19. The number of rotatable bonds is 8. The minimum Gasteiger partial charge on any atom is -0.506 e. The summed E-state index contributed by atoms with van der Waals surface area (Å²) in [5, 5.41) is 21.4. The SMILES string of the molecule is CC(C)=CCC[C@]1(C)C=Cc2c(O)c3c(c(CC=C(C)C)c2O1)O[C@]12C(=CC4CC1C(C)(C)OC2(CC=C(C)C(=O)O)C4=O)C3=O. The van der Waals surface area contributed by atoms with Crippen molar-refractivity contribution in [2.24, 2.45) is 11.8 Å². The number of ketones is 2. The minimum atomic E-state index is -1.63. The molecule has 244 valence electrons. The standard InChI is InChI=1S/C38H44O8/c1-20(2)10-9-15-36(8)16-14-24-29(39)28-30(40)26-18-23-19-27-35(6,7)46-37(33(23)41,17-13-22(5)34(42)43)38(26,27)45-32(28)25(31(24)44-36)12-11-21(3)4/h10-11,13-14,16,18,23,27,39H,9,12,15,17,19H2,1-8H3,(H,42,43)/t23?,27?,36-,37?,38-/m1/s1. The summed E-state index contributed by atoms with van der Waals surface area (Å²) in [5.41, 5.74) is -0.952. The first-order valence-electron chi connectivity index (χ1n) is 16.2. The van der Waals surface area contributed by atoms with Crippen molar-refractivity contribution in [3.8, 4) is 17.2 Å². The maximum atomic E-state index is 14.7. The fourth-order valence-corrected chi connectivity index (χ4v) is 8.17. The van der Waals surface area contributed by atoms with Gasteiger partial charge in [0.25, 0.3) is 0 Å². The third-order valence-corrected chi connectivity index (χ3v) is 10.5. The van der Waals surface area contributed by atoms with Gasteiger partial charge in [0.2, 0.25) is 0 Å². The molecule has 1 saturated heterocycles. The zero-order valence-corrected chi connectivity index (χ0v) is 28.0. The van der Waals surface area contributed by atoms with Crippen molar-refractivity contribution in [3.63, 3.8) is 0 Å². The van der Waals surface area contributed by atoms with Crippen LogP contribution in [0.15, 0.2) is 52.7 Å². The molecule has 4 bridgehead atoms. The van der Waals surface area contributed by atoms with E-state index in [9.17, 15) is 24.6 Å². The third kappa shape index (κ3) is 4.47. The first-order chi connectivity index (χ1) is 21.5. The van der Waals surface area contributed by atoms with Gasteiger partial charge in [-0.25, -0.2) is 4.79 Å². The molecule has 5 atom stereocenters. The number of hydrogen-bond donors (Lipinski definition) is 2. The number of phenolic OH excluding ortho intramolecular Hbond substituents is 1. The van der Waals surface area contributed by atoms with Gasteiger partial charge in [0.05, 0.1) is 11.2 Å². The summed E-state index contributed by atoms with van der Waals surface area (Å²) in [6, 6.07) is 0. The van der Waals surface area contributed by atoms with Crippen LogP contribution in [0.2, 0.25) is 0 Å². The van der Waals surface area contributed by atoms with Crippen LogP contribution in [0.3, 0.4) is 0 Å². The average Bonchev–Trinajstić information content (AvgIpc) is 3.12. The average molecular weight is 629 g/mol. The van der Waals surface area contributed by atoms with Crippen LogP contribution < -0.4 is 9.47 Å². The van der Waals surface area contributed by atoms with E-state index in [1.54, 1.807) is 6.08 Å². The van der Waals surface area contributed by atoms with Crippen molar-refractivity contribution in [2.45, 2.75) is 110 Å². The van der Waals surface area contributed by atoms with Crippen LogP contribution in [-0.4, -0.2) is 50.2 Å². The van der Waals surface area contributed by atoms with Gasteiger partial charge in [0.15, 0.2) is 22.8 Å². The number of hydrogen-bond acceptors (Lipinski definition) is 7. The zero-order chi connectivity index (χ0) is 33.6. The molecule has 2 N–H and O–H groups in total. The van der Waals surface area contributed by atoms with E-state index in [2.05, 4.69) is 19.9 Å². The molecule has 6 aliphatic rings. The van der Waals surface area contributed by atoms with Crippen LogP contribution >= 0.6 is 0 Å². The quantitative estimate of drug-likeness (QED) is 0.228. The van der Waals surface area contributed by atoms with Gasteiger partial charge in [0, 0.05) is 35.0 Å².